The predicted molar refractivity (Wildman–Crippen MR) is 237 cm³/mol. The van der Waals surface area contributed by atoms with Gasteiger partial charge in [-0.05, 0) is 76.7 Å². The molecule has 0 saturated carbocycles. The first-order chi connectivity index (χ1) is 26.7. The van der Waals surface area contributed by atoms with Gasteiger partial charge in [0.1, 0.15) is 11.4 Å². The lowest BCUT2D eigenvalue weighted by molar-refractivity contribution is 0.518. The van der Waals surface area contributed by atoms with Gasteiger partial charge in [-0.1, -0.05) is 95.2 Å². The van der Waals surface area contributed by atoms with Gasteiger partial charge in [0.25, 0.3) is 0 Å². The number of nitrogens with zero attached hydrogens (tertiary/aromatic N) is 6. The molecule has 57 heavy (non-hydrogen) atoms. The predicted octanol–water partition coefficient (Wildman–Crippen LogP) is 11.4. The normalized spacial score (nSPS) is 23.4. The second-order valence-electron chi connectivity index (χ2n) is 20.7. The lowest BCUT2D eigenvalue weighted by Crippen LogP contribution is -2.21. The van der Waals surface area contributed by atoms with Crippen LogP contribution in [0.2, 0.25) is 0 Å². The summed E-state index contributed by atoms with van der Waals surface area (Å²) < 4.78 is 0. The average molecular weight is 753 g/mol. The van der Waals surface area contributed by atoms with Gasteiger partial charge in [-0.2, -0.15) is 0 Å². The zero-order chi connectivity index (χ0) is 40.1. The lowest BCUT2D eigenvalue weighted by atomic mass is 9.80. The first-order valence-corrected chi connectivity index (χ1v) is 20.5. The van der Waals surface area contributed by atoms with Crippen LogP contribution in [0.15, 0.2) is 131 Å². The van der Waals surface area contributed by atoms with E-state index in [1.54, 1.807) is 0 Å². The Balaban J connectivity index is 1.28. The number of rotatable bonds is 0. The molecule has 0 radical (unpaired) electrons. The summed E-state index contributed by atoms with van der Waals surface area (Å²) in [6.45, 7) is 26.9. The molecule has 0 amide bonds. The highest BCUT2D eigenvalue weighted by Gasteiger charge is 2.41. The minimum absolute atomic E-state index is 0.231. The molecule has 7 heterocycles. The average Bonchev–Trinajstić information content (AvgIpc) is 3.95. The van der Waals surface area contributed by atoms with Crippen molar-refractivity contribution in [3.8, 4) is 0 Å². The number of fused-ring (bicyclic) bond motifs is 13. The number of nitrogens with one attached hydrogen (secondary N) is 2. The smallest absolute Gasteiger partial charge is 0.118 e. The van der Waals surface area contributed by atoms with Crippen LogP contribution in [0.5, 0.6) is 0 Å². The standard InChI is InChI=1S/C49H52N8/c1-46(2,3)36-26-15-16-27(50-26)37(47(4,5)6)29-18-20-31(52-29)39(49(10,11)12)43-45-44(42(57-43)38(48(7,8)9)30-19-17-28(36)51-30)55-34-22-32-33(23-35(34)56-45)54-41-25-14-13-24(21-25)40(41)53-32/h13-20,22-25,53-54H,21H2,1-12H3. The molecule has 2 N–H and O–H groups in total. The van der Waals surface area contributed by atoms with Crippen molar-refractivity contribution in [1.82, 2.24) is 9.97 Å². The zero-order valence-electron chi connectivity index (χ0n) is 35.3. The summed E-state index contributed by atoms with van der Waals surface area (Å²) in [6, 6.07) is 4.31. The van der Waals surface area contributed by atoms with Gasteiger partial charge in [-0.15, -0.1) is 0 Å². The summed E-state index contributed by atoms with van der Waals surface area (Å²) in [6.07, 6.45) is 18.7. The maximum absolute atomic E-state index is 5.67. The Morgan fingerprint density at radius 3 is 1.32 bits per heavy atom. The highest BCUT2D eigenvalue weighted by atomic mass is 15.1. The maximum Gasteiger partial charge on any atom is 0.118 e. The van der Waals surface area contributed by atoms with Crippen LogP contribution < -0.4 is 10.6 Å². The van der Waals surface area contributed by atoms with E-state index in [9.17, 15) is 0 Å². The Kier molecular flexibility index (Phi) is 7.27. The third-order valence-electron chi connectivity index (χ3n) is 12.1. The van der Waals surface area contributed by atoms with E-state index in [0.717, 1.165) is 108 Å². The van der Waals surface area contributed by atoms with Crippen LogP contribution in [0.4, 0.5) is 11.4 Å². The fourth-order valence-corrected chi connectivity index (χ4v) is 9.79. The lowest BCUT2D eigenvalue weighted by Gasteiger charge is -2.27. The van der Waals surface area contributed by atoms with Crippen LogP contribution in [0.1, 0.15) is 101 Å². The third kappa shape index (κ3) is 5.53. The van der Waals surface area contributed by atoms with Crippen LogP contribution in [-0.2, 0) is 0 Å². The summed E-state index contributed by atoms with van der Waals surface area (Å²) in [5.41, 5.74) is 18.1. The van der Waals surface area contributed by atoms with Gasteiger partial charge < -0.3 is 10.6 Å². The minimum Gasteiger partial charge on any atom is -0.355 e. The van der Waals surface area contributed by atoms with Crippen molar-refractivity contribution in [2.45, 2.75) is 89.5 Å². The molecule has 2 aliphatic carbocycles. The number of benzene rings is 1. The molecule has 10 rings (SSSR count). The fourth-order valence-electron chi connectivity index (χ4n) is 9.79. The molecule has 8 nitrogen and oxygen atoms in total. The summed E-state index contributed by atoms with van der Waals surface area (Å²) in [5.74, 6) is 0.862. The van der Waals surface area contributed by atoms with Crippen LogP contribution in [0.3, 0.4) is 0 Å². The topological polar surface area (TPSA) is 99.3 Å². The van der Waals surface area contributed by atoms with Gasteiger partial charge in [0.05, 0.1) is 68.0 Å². The van der Waals surface area contributed by atoms with Gasteiger partial charge >= 0.3 is 0 Å². The molecule has 8 aliphatic rings. The van der Waals surface area contributed by atoms with E-state index < -0.39 is 0 Å². The number of hydrogen-bond donors (Lipinski definition) is 2. The first kappa shape index (κ1) is 35.9. The van der Waals surface area contributed by atoms with E-state index in [2.05, 4.69) is 154 Å². The Morgan fingerprint density at radius 1 is 0.474 bits per heavy atom. The summed E-state index contributed by atoms with van der Waals surface area (Å²) in [7, 11) is 0. The highest BCUT2D eigenvalue weighted by Crippen LogP contribution is 2.50. The molecule has 0 saturated heterocycles. The van der Waals surface area contributed by atoms with E-state index >= 15 is 0 Å². The number of hydrogen-bond acceptors (Lipinski definition) is 8. The molecule has 10 bridgehead atoms. The number of aliphatic imine (C=N–C) groups is 4. The van der Waals surface area contributed by atoms with Gasteiger partial charge in [-0.25, -0.2) is 29.9 Å². The Morgan fingerprint density at radius 2 is 0.877 bits per heavy atom. The molecule has 0 spiro atoms. The molecular formula is C49H52N8. The summed E-state index contributed by atoms with van der Waals surface area (Å²) in [4.78, 5) is 33.0. The van der Waals surface area contributed by atoms with E-state index in [0.29, 0.717) is 11.8 Å². The Labute approximate surface area is 336 Å². The van der Waals surface area contributed by atoms with Crippen molar-refractivity contribution in [1.29, 1.82) is 0 Å². The Hall–Kier alpha value is -5.50. The van der Waals surface area contributed by atoms with Gasteiger partial charge in [0.15, 0.2) is 0 Å². The zero-order valence-corrected chi connectivity index (χ0v) is 35.3. The van der Waals surface area contributed by atoms with E-state index in [1.807, 2.05) is 0 Å². The quantitative estimate of drug-likeness (QED) is 0.262. The molecule has 6 aliphatic heterocycles. The minimum atomic E-state index is -0.344. The molecule has 8 heteroatoms. The van der Waals surface area contributed by atoms with Crippen LogP contribution in [0, 0.1) is 33.5 Å². The van der Waals surface area contributed by atoms with Crippen molar-refractivity contribution >= 4 is 51.0 Å². The van der Waals surface area contributed by atoms with Crippen molar-refractivity contribution < 1.29 is 0 Å². The van der Waals surface area contributed by atoms with Crippen LogP contribution in [-0.4, -0.2) is 32.8 Å². The second kappa shape index (κ2) is 11.6. The SMILES string of the molecule is CC(C)(C)C1=C2C=CC(=N2)C(C(C)(C)C)=C2C=CC(=N2)C(C(C)(C)C)=C2N=C(C(C(C)(C)C)=C3C=CC1=N3)c1nc3cc4c(cc3nc12)NC1=C(N4)C2C=CC1C2. The number of anilines is 2. The van der Waals surface area contributed by atoms with Crippen molar-refractivity contribution in [3.63, 3.8) is 0 Å². The monoisotopic (exact) mass is 752 g/mol. The van der Waals surface area contributed by atoms with Crippen molar-refractivity contribution in [3.05, 3.63) is 123 Å². The van der Waals surface area contributed by atoms with E-state index in [1.165, 1.54) is 11.4 Å². The van der Waals surface area contributed by atoms with E-state index in [4.69, 9.17) is 29.9 Å². The van der Waals surface area contributed by atoms with Gasteiger partial charge in [-0.3, -0.25) is 0 Å². The molecule has 2 aromatic rings. The molecule has 1 aromatic heterocycles. The molecular weight excluding hydrogens is 701 g/mol. The highest BCUT2D eigenvalue weighted by molar-refractivity contribution is 6.25. The molecule has 288 valence electrons. The molecule has 1 aromatic carbocycles. The molecule has 2 unspecified atom stereocenters. The molecule has 0 fully saturated rings. The van der Waals surface area contributed by atoms with Gasteiger partial charge in [0.2, 0.25) is 0 Å². The van der Waals surface area contributed by atoms with Crippen LogP contribution >= 0.6 is 0 Å². The molecule has 2 atom stereocenters. The first-order valence-electron chi connectivity index (χ1n) is 20.5. The fraction of sp³-hybridized carbons (Fsp3) is 0.388. The van der Waals surface area contributed by atoms with E-state index in [-0.39, 0.29) is 21.7 Å². The van der Waals surface area contributed by atoms with Crippen LogP contribution in [0.25, 0.3) is 16.7 Å². The maximum atomic E-state index is 5.67. The summed E-state index contributed by atoms with van der Waals surface area (Å²) >= 11 is 0. The largest absolute Gasteiger partial charge is 0.355 e. The van der Waals surface area contributed by atoms with Crippen molar-refractivity contribution in [2.24, 2.45) is 53.5 Å². The third-order valence-corrected chi connectivity index (χ3v) is 12.1. The van der Waals surface area contributed by atoms with Crippen molar-refractivity contribution in [2.75, 3.05) is 10.6 Å². The summed E-state index contributed by atoms with van der Waals surface area (Å²) in [5, 5.41) is 7.57. The number of allylic oxidation sites excluding steroid dienone is 12. The number of aromatic nitrogens is 2. The second-order valence-corrected chi connectivity index (χ2v) is 20.7. The Bertz CT molecular complexity index is 2710. The van der Waals surface area contributed by atoms with Gasteiger partial charge in [0, 0.05) is 45.5 Å².